The van der Waals surface area contributed by atoms with Crippen molar-refractivity contribution in [3.05, 3.63) is 28.8 Å². The van der Waals surface area contributed by atoms with Crippen LogP contribution < -0.4 is 10.5 Å². The fourth-order valence-corrected chi connectivity index (χ4v) is 3.07. The fourth-order valence-electron chi connectivity index (χ4n) is 2.88. The summed E-state index contributed by atoms with van der Waals surface area (Å²) in [5.41, 5.74) is 9.72. The highest BCUT2D eigenvalue weighted by atomic mass is 32.1. The number of aryl methyl sites for hydroxylation is 2. The number of amidine groups is 1. The summed E-state index contributed by atoms with van der Waals surface area (Å²) in [4.78, 5) is 13.5. The summed E-state index contributed by atoms with van der Waals surface area (Å²) in [7, 11) is 1.70. The average Bonchev–Trinajstić information content (AvgIpc) is 2.62. The second kappa shape index (κ2) is 9.13. The summed E-state index contributed by atoms with van der Waals surface area (Å²) >= 11 is 5.32. The molecule has 29 heavy (non-hydrogen) atoms. The predicted octanol–water partition coefficient (Wildman–Crippen LogP) is 3.84. The lowest BCUT2D eigenvalue weighted by Gasteiger charge is -2.29. The smallest absolute Gasteiger partial charge is 0.290 e. The number of hydrogen-bond acceptors (Lipinski definition) is 5. The molecule has 0 spiro atoms. The molecule has 1 aliphatic heterocycles. The van der Waals surface area contributed by atoms with Crippen LogP contribution in [0.3, 0.4) is 0 Å². The van der Waals surface area contributed by atoms with Gasteiger partial charge in [0.05, 0.1) is 18.9 Å². The van der Waals surface area contributed by atoms with E-state index in [4.69, 9.17) is 27.4 Å². The minimum Gasteiger partial charge on any atom is -0.430 e. The Morgan fingerprint density at radius 2 is 1.97 bits per heavy atom. The Bertz CT molecular complexity index is 868. The SMILES string of the molecule is COCCc1cc(C)c(OC(=S)/N=C(\N)C2(C)CN=C(C(C)(C)C)C=N2)cc1C. The molecule has 1 unspecified atom stereocenters. The number of nitrogens with two attached hydrogens (primary N) is 1. The number of ether oxygens (including phenoxy) is 2. The zero-order chi connectivity index (χ0) is 21.8. The van der Waals surface area contributed by atoms with E-state index in [0.29, 0.717) is 24.7 Å². The van der Waals surface area contributed by atoms with Gasteiger partial charge in [0.15, 0.2) is 0 Å². The Balaban J connectivity index is 2.12. The van der Waals surface area contributed by atoms with Crippen molar-refractivity contribution < 1.29 is 9.47 Å². The van der Waals surface area contributed by atoms with E-state index in [1.165, 1.54) is 5.56 Å². The van der Waals surface area contributed by atoms with Gasteiger partial charge >= 0.3 is 0 Å². The Hall–Kier alpha value is -2.12. The molecule has 0 radical (unpaired) electrons. The maximum atomic E-state index is 6.22. The molecule has 2 N–H and O–H groups in total. The van der Waals surface area contributed by atoms with E-state index in [2.05, 4.69) is 41.8 Å². The standard InChI is InChI=1S/C22H32N4O2S/c1-14-11-17(15(2)10-16(14)8-9-27-7)28-20(29)26-19(23)22(6)13-24-18(12-25-22)21(3,4)5/h10-12H,8-9,13H2,1-7H3,(H2,23,26,29). The summed E-state index contributed by atoms with van der Waals surface area (Å²) in [6.45, 7) is 13.3. The van der Waals surface area contributed by atoms with Crippen molar-refractivity contribution in [2.45, 2.75) is 53.5 Å². The lowest BCUT2D eigenvalue weighted by molar-refractivity contribution is 0.202. The van der Waals surface area contributed by atoms with E-state index in [0.717, 1.165) is 23.3 Å². The highest BCUT2D eigenvalue weighted by molar-refractivity contribution is 7.80. The van der Waals surface area contributed by atoms with Gasteiger partial charge in [-0.3, -0.25) is 9.98 Å². The van der Waals surface area contributed by atoms with E-state index in [1.807, 2.05) is 26.8 Å². The number of thiocarbonyl (C=S) groups is 1. The van der Waals surface area contributed by atoms with Crippen LogP contribution in [-0.2, 0) is 11.2 Å². The zero-order valence-electron chi connectivity index (χ0n) is 18.5. The zero-order valence-corrected chi connectivity index (χ0v) is 19.3. The molecule has 0 saturated heterocycles. The van der Waals surface area contributed by atoms with Gasteiger partial charge < -0.3 is 15.2 Å². The first kappa shape index (κ1) is 23.2. The van der Waals surface area contributed by atoms with Crippen LogP contribution in [-0.4, -0.2) is 48.7 Å². The molecule has 0 aliphatic carbocycles. The topological polar surface area (TPSA) is 81.6 Å². The maximum Gasteiger partial charge on any atom is 0.290 e. The molecule has 0 amide bonds. The predicted molar refractivity (Wildman–Crippen MR) is 125 cm³/mol. The van der Waals surface area contributed by atoms with Crippen molar-refractivity contribution in [1.82, 2.24) is 0 Å². The van der Waals surface area contributed by atoms with Gasteiger partial charge in [0, 0.05) is 18.7 Å². The first-order valence-electron chi connectivity index (χ1n) is 9.72. The van der Waals surface area contributed by atoms with Gasteiger partial charge in [-0.25, -0.2) is 0 Å². The Labute approximate surface area is 179 Å². The monoisotopic (exact) mass is 416 g/mol. The van der Waals surface area contributed by atoms with E-state index < -0.39 is 5.54 Å². The van der Waals surface area contributed by atoms with Gasteiger partial charge in [-0.1, -0.05) is 26.8 Å². The highest BCUT2D eigenvalue weighted by Crippen LogP contribution is 2.25. The van der Waals surface area contributed by atoms with E-state index in [1.54, 1.807) is 13.3 Å². The Morgan fingerprint density at radius 1 is 1.28 bits per heavy atom. The molecule has 7 heteroatoms. The Morgan fingerprint density at radius 3 is 2.52 bits per heavy atom. The number of nitrogens with zero attached hydrogens (tertiary/aromatic N) is 3. The van der Waals surface area contributed by atoms with Crippen molar-refractivity contribution in [3.8, 4) is 5.75 Å². The van der Waals surface area contributed by atoms with Crippen LogP contribution in [0.5, 0.6) is 5.75 Å². The van der Waals surface area contributed by atoms with Crippen LogP contribution in [0, 0.1) is 19.3 Å². The second-order valence-electron chi connectivity index (χ2n) is 8.64. The first-order valence-corrected chi connectivity index (χ1v) is 10.1. The third-order valence-electron chi connectivity index (χ3n) is 4.97. The van der Waals surface area contributed by atoms with Crippen molar-refractivity contribution in [1.29, 1.82) is 0 Å². The third-order valence-corrected chi connectivity index (χ3v) is 5.14. The van der Waals surface area contributed by atoms with Crippen molar-refractivity contribution >= 4 is 35.2 Å². The summed E-state index contributed by atoms with van der Waals surface area (Å²) in [6, 6.07) is 4.06. The van der Waals surface area contributed by atoms with Crippen LogP contribution in [0.15, 0.2) is 27.1 Å². The summed E-state index contributed by atoms with van der Waals surface area (Å²) < 4.78 is 11.0. The second-order valence-corrected chi connectivity index (χ2v) is 8.98. The molecule has 0 saturated carbocycles. The molecule has 1 atom stereocenters. The van der Waals surface area contributed by atoms with Gasteiger partial charge in [-0.2, -0.15) is 4.99 Å². The number of aliphatic imine (C=N–C) groups is 3. The Kier molecular flexibility index (Phi) is 7.30. The van der Waals surface area contributed by atoms with Gasteiger partial charge in [0.25, 0.3) is 5.17 Å². The first-order chi connectivity index (χ1) is 13.5. The quantitative estimate of drug-likeness (QED) is 0.449. The van der Waals surface area contributed by atoms with Crippen molar-refractivity contribution in [2.75, 3.05) is 20.3 Å². The van der Waals surface area contributed by atoms with Crippen LogP contribution in [0.1, 0.15) is 44.4 Å². The summed E-state index contributed by atoms with van der Waals surface area (Å²) in [5.74, 6) is 0.970. The minimum atomic E-state index is -0.725. The van der Waals surface area contributed by atoms with Crippen molar-refractivity contribution in [2.24, 2.45) is 26.1 Å². The number of benzene rings is 1. The summed E-state index contributed by atoms with van der Waals surface area (Å²) in [6.07, 6.45) is 2.63. The molecule has 1 aromatic rings. The van der Waals surface area contributed by atoms with E-state index in [-0.39, 0.29) is 10.6 Å². The lowest BCUT2D eigenvalue weighted by atomic mass is 9.88. The molecule has 6 nitrogen and oxygen atoms in total. The molecule has 0 aromatic heterocycles. The molecule has 1 heterocycles. The lowest BCUT2D eigenvalue weighted by Crippen LogP contribution is -2.46. The fraction of sp³-hybridized carbons (Fsp3) is 0.545. The number of methoxy groups -OCH3 is 1. The molecular formula is C22H32N4O2S. The third kappa shape index (κ3) is 5.93. The molecular weight excluding hydrogens is 384 g/mol. The van der Waals surface area contributed by atoms with Crippen molar-refractivity contribution in [3.63, 3.8) is 0 Å². The van der Waals surface area contributed by atoms with Crippen LogP contribution in [0.4, 0.5) is 0 Å². The largest absolute Gasteiger partial charge is 0.430 e. The number of hydrogen-bond donors (Lipinski definition) is 1. The van der Waals surface area contributed by atoms with Gasteiger partial charge in [0.2, 0.25) is 0 Å². The molecule has 0 fully saturated rings. The molecule has 1 aromatic carbocycles. The number of rotatable bonds is 5. The van der Waals surface area contributed by atoms with E-state index in [9.17, 15) is 0 Å². The van der Waals surface area contributed by atoms with Gasteiger partial charge in [-0.15, -0.1) is 0 Å². The van der Waals surface area contributed by atoms with Gasteiger partial charge in [-0.05, 0) is 62.2 Å². The normalized spacial score (nSPS) is 19.8. The maximum absolute atomic E-state index is 6.22. The van der Waals surface area contributed by atoms with Crippen LogP contribution >= 0.6 is 12.2 Å². The van der Waals surface area contributed by atoms with E-state index >= 15 is 0 Å². The molecule has 158 valence electrons. The molecule has 2 rings (SSSR count). The molecule has 0 bridgehead atoms. The minimum absolute atomic E-state index is 0.0556. The average molecular weight is 417 g/mol. The van der Waals surface area contributed by atoms with Gasteiger partial charge in [0.1, 0.15) is 17.1 Å². The molecule has 1 aliphatic rings. The summed E-state index contributed by atoms with van der Waals surface area (Å²) in [5, 5.41) is 0.0664. The highest BCUT2D eigenvalue weighted by Gasteiger charge is 2.32. The van der Waals surface area contributed by atoms with Crippen LogP contribution in [0.25, 0.3) is 0 Å². The van der Waals surface area contributed by atoms with Crippen LogP contribution in [0.2, 0.25) is 0 Å².